The Balaban J connectivity index is 0.000000330. The summed E-state index contributed by atoms with van der Waals surface area (Å²) in [6, 6.07) is 23.5. The van der Waals surface area contributed by atoms with Gasteiger partial charge in [0, 0.05) is 54.5 Å². The number of aliphatic hydroxyl groups excluding tert-OH is 1. The van der Waals surface area contributed by atoms with Crippen molar-refractivity contribution in [1.82, 2.24) is 4.98 Å². The molecule has 6 rings (SSSR count). The molecule has 301 valence electrons. The SMILES string of the molecule is CCC(C)(CC)C(=O)/C=C(\O)C(C)(CC)CC.Cc1c(CC(C)C)oc2ccc(-c3cc(-c4[c-]c5ccccc5c(C(C)(C)C)c4)nc4c(C)csc34)cc12.[Ir]. The summed E-state index contributed by atoms with van der Waals surface area (Å²) in [6.07, 6.45) is 5.71. The maximum absolute atomic E-state index is 12.2. The number of thiophene rings is 1. The number of aryl methyl sites for hydroxylation is 2. The molecule has 0 saturated carbocycles. The molecule has 1 N–H and O–H groups in total. The predicted molar refractivity (Wildman–Crippen MR) is 236 cm³/mol. The van der Waals surface area contributed by atoms with E-state index in [0.717, 1.165) is 65.6 Å². The van der Waals surface area contributed by atoms with E-state index in [4.69, 9.17) is 9.40 Å². The Kier molecular flexibility index (Phi) is 14.4. The summed E-state index contributed by atoms with van der Waals surface area (Å²) in [5.41, 5.74) is 9.65. The summed E-state index contributed by atoms with van der Waals surface area (Å²) in [5.74, 6) is 1.94. The van der Waals surface area contributed by atoms with E-state index in [1.165, 1.54) is 49.4 Å². The third-order valence-electron chi connectivity index (χ3n) is 12.1. The molecule has 0 fully saturated rings. The quantitative estimate of drug-likeness (QED) is 0.0798. The van der Waals surface area contributed by atoms with Gasteiger partial charge in [-0.15, -0.1) is 40.5 Å². The maximum atomic E-state index is 12.2. The first-order valence-electron chi connectivity index (χ1n) is 20.2. The number of furan rings is 1. The number of benzene rings is 3. The molecule has 3 aromatic heterocycles. The second kappa shape index (κ2) is 17.9. The zero-order valence-electron chi connectivity index (χ0n) is 35.9. The van der Waals surface area contributed by atoms with Crippen LogP contribution in [0.4, 0.5) is 0 Å². The molecular weight excluding hydrogens is 887 g/mol. The standard InChI is InChI=1S/C35H34NOS.C15H28O2.Ir/c1-20(2)14-32-22(4)27-16-24(12-13-31(27)37-32)28-18-30(36-33-21(3)19-38-34(28)33)25-15-23-10-8-9-11-26(23)29(17-25)35(5,6)7;1-7-14(5,8-2)12(16)11-13(17)15(6,9-3)10-4;/h8-13,16-20H,14H2,1-7H3;11,16H,7-10H2,1-6H3;/q-1;;/b;12-11-;. The fourth-order valence-electron chi connectivity index (χ4n) is 7.15. The summed E-state index contributed by atoms with van der Waals surface area (Å²) in [5, 5.41) is 15.9. The van der Waals surface area contributed by atoms with Crippen LogP contribution in [0.1, 0.15) is 124 Å². The largest absolute Gasteiger partial charge is 0.512 e. The van der Waals surface area contributed by atoms with E-state index in [1.54, 1.807) is 11.3 Å². The van der Waals surface area contributed by atoms with Crippen molar-refractivity contribution in [2.24, 2.45) is 16.7 Å². The number of hydrogen-bond donors (Lipinski definition) is 1. The molecule has 6 heteroatoms. The van der Waals surface area contributed by atoms with Crippen molar-refractivity contribution in [3.63, 3.8) is 0 Å². The molecule has 0 saturated heterocycles. The fourth-order valence-corrected chi connectivity index (χ4v) is 8.18. The van der Waals surface area contributed by atoms with Gasteiger partial charge in [-0.05, 0) is 90.6 Å². The molecule has 1 radical (unpaired) electrons. The number of fused-ring (bicyclic) bond motifs is 3. The van der Waals surface area contributed by atoms with E-state index in [1.807, 2.05) is 41.5 Å². The molecule has 6 aromatic rings. The zero-order valence-corrected chi connectivity index (χ0v) is 39.1. The van der Waals surface area contributed by atoms with E-state index in [2.05, 4.69) is 115 Å². The molecule has 0 aliphatic heterocycles. The van der Waals surface area contributed by atoms with E-state index < -0.39 is 0 Å². The van der Waals surface area contributed by atoms with Crippen LogP contribution >= 0.6 is 11.3 Å². The van der Waals surface area contributed by atoms with Gasteiger partial charge in [-0.1, -0.05) is 117 Å². The van der Waals surface area contributed by atoms with Crippen molar-refractivity contribution in [2.45, 2.75) is 128 Å². The van der Waals surface area contributed by atoms with Crippen molar-refractivity contribution in [3.05, 3.63) is 100 Å². The summed E-state index contributed by atoms with van der Waals surface area (Å²) in [7, 11) is 0. The van der Waals surface area contributed by atoms with E-state index >= 15 is 0 Å². The molecule has 3 aromatic carbocycles. The minimum atomic E-state index is -0.337. The van der Waals surface area contributed by atoms with Crippen molar-refractivity contribution in [3.8, 4) is 22.4 Å². The first-order valence-corrected chi connectivity index (χ1v) is 21.1. The summed E-state index contributed by atoms with van der Waals surface area (Å²) >= 11 is 1.78. The van der Waals surface area contributed by atoms with Gasteiger partial charge >= 0.3 is 0 Å². The molecule has 0 bridgehead atoms. The van der Waals surface area contributed by atoms with Crippen LogP contribution in [-0.2, 0) is 36.7 Å². The van der Waals surface area contributed by atoms with Gasteiger partial charge in [-0.3, -0.25) is 9.78 Å². The smallest absolute Gasteiger partial charge is 0.164 e. The van der Waals surface area contributed by atoms with Crippen LogP contribution in [0, 0.1) is 36.7 Å². The number of ketones is 1. The average molecular weight is 949 g/mol. The van der Waals surface area contributed by atoms with Gasteiger partial charge in [-0.25, -0.2) is 0 Å². The van der Waals surface area contributed by atoms with Crippen molar-refractivity contribution < 1.29 is 34.4 Å². The molecule has 0 aliphatic rings. The first-order chi connectivity index (χ1) is 25.9. The molecule has 56 heavy (non-hydrogen) atoms. The van der Waals surface area contributed by atoms with Gasteiger partial charge in [0.25, 0.3) is 0 Å². The number of allylic oxidation sites excluding steroid dienone is 2. The number of carbonyl (C=O) groups is 1. The Morgan fingerprint density at radius 2 is 1.54 bits per heavy atom. The predicted octanol–water partition coefficient (Wildman–Crippen LogP) is 15.1. The molecule has 0 amide bonds. The van der Waals surface area contributed by atoms with Crippen LogP contribution in [0.15, 0.2) is 76.2 Å². The second-order valence-corrected chi connectivity index (χ2v) is 18.3. The molecule has 0 spiro atoms. The molecule has 4 nitrogen and oxygen atoms in total. The number of carbonyl (C=O) groups excluding carboxylic acids is 1. The van der Waals surface area contributed by atoms with Crippen LogP contribution in [0.2, 0.25) is 0 Å². The monoisotopic (exact) mass is 949 g/mol. The topological polar surface area (TPSA) is 63.3 Å². The molecule has 0 unspecified atom stereocenters. The Bertz CT molecular complexity index is 2340. The van der Waals surface area contributed by atoms with Gasteiger partial charge < -0.3 is 9.52 Å². The minimum absolute atomic E-state index is 0. The van der Waals surface area contributed by atoms with Gasteiger partial charge in [0.05, 0.1) is 10.2 Å². The van der Waals surface area contributed by atoms with Crippen LogP contribution < -0.4 is 0 Å². The number of pyridine rings is 1. The van der Waals surface area contributed by atoms with Gasteiger partial charge in [0.2, 0.25) is 0 Å². The van der Waals surface area contributed by atoms with Gasteiger partial charge in [0.1, 0.15) is 17.1 Å². The van der Waals surface area contributed by atoms with Crippen LogP contribution in [-0.4, -0.2) is 15.9 Å². The van der Waals surface area contributed by atoms with E-state index in [9.17, 15) is 9.90 Å². The fraction of sp³-hybridized carbons (Fsp3) is 0.440. The Hall–Kier alpha value is -3.57. The third-order valence-corrected chi connectivity index (χ3v) is 13.2. The summed E-state index contributed by atoms with van der Waals surface area (Å²) in [6.45, 7) is 27.7. The maximum Gasteiger partial charge on any atom is 0.164 e. The Labute approximate surface area is 353 Å². The third kappa shape index (κ3) is 9.25. The number of rotatable bonds is 11. The van der Waals surface area contributed by atoms with Gasteiger partial charge in [0.15, 0.2) is 5.78 Å². The molecular formula is C50H62IrNO3S-. The molecule has 0 aliphatic carbocycles. The van der Waals surface area contributed by atoms with E-state index in [0.29, 0.717) is 5.92 Å². The molecule has 0 atom stereocenters. The number of aromatic nitrogens is 1. The summed E-state index contributed by atoms with van der Waals surface area (Å²) in [4.78, 5) is 17.4. The Morgan fingerprint density at radius 3 is 2.14 bits per heavy atom. The van der Waals surface area contributed by atoms with Gasteiger partial charge in [-0.2, -0.15) is 0 Å². The van der Waals surface area contributed by atoms with Crippen molar-refractivity contribution in [1.29, 1.82) is 0 Å². The van der Waals surface area contributed by atoms with Crippen LogP contribution in [0.25, 0.3) is 54.3 Å². The minimum Gasteiger partial charge on any atom is -0.512 e. The average Bonchev–Trinajstić information content (AvgIpc) is 3.70. The number of nitrogens with zero attached hydrogens (tertiary/aromatic N) is 1. The first kappa shape index (κ1) is 45.1. The van der Waals surface area contributed by atoms with E-state index in [-0.39, 0.29) is 47.9 Å². The number of aliphatic hydroxyl groups is 1. The van der Waals surface area contributed by atoms with Crippen molar-refractivity contribution >= 4 is 49.1 Å². The Morgan fingerprint density at radius 1 is 0.893 bits per heavy atom. The molecule has 3 heterocycles. The number of hydrogen-bond acceptors (Lipinski definition) is 5. The van der Waals surface area contributed by atoms with Crippen LogP contribution in [0.5, 0.6) is 0 Å². The normalized spacial score (nSPS) is 12.6. The second-order valence-electron chi connectivity index (χ2n) is 17.4. The van der Waals surface area contributed by atoms with Crippen LogP contribution in [0.3, 0.4) is 0 Å². The summed E-state index contributed by atoms with van der Waals surface area (Å²) < 4.78 is 7.48. The zero-order chi connectivity index (χ0) is 40.5. The van der Waals surface area contributed by atoms with Crippen molar-refractivity contribution in [2.75, 3.05) is 0 Å².